The first-order valence-electron chi connectivity index (χ1n) is 6.87. The molecule has 0 aliphatic rings. The fourth-order valence-electron chi connectivity index (χ4n) is 1.79. The fraction of sp³-hybridized carbons (Fsp3) is 0.125. The highest BCUT2D eigenvalue weighted by Crippen LogP contribution is 2.34. The number of aromatic hydroxyl groups is 1. The number of methoxy groups -OCH3 is 1. The molecule has 3 N–H and O–H groups in total. The Morgan fingerprint density at radius 2 is 2.08 bits per heavy atom. The summed E-state index contributed by atoms with van der Waals surface area (Å²) in [6.07, 6.45) is 1.41. The first kappa shape index (κ1) is 18.1. The van der Waals surface area contributed by atoms with Crippen LogP contribution in [-0.2, 0) is 4.79 Å². The van der Waals surface area contributed by atoms with Crippen molar-refractivity contribution in [3.63, 3.8) is 0 Å². The smallest absolute Gasteiger partial charge is 0.259 e. The Bertz CT molecular complexity index is 751. The number of amides is 1. The quantitative estimate of drug-likeness (QED) is 0.502. The molecule has 0 unspecified atom stereocenters. The minimum Gasteiger partial charge on any atom is -0.503 e. The average molecular weight is 413 g/mol. The van der Waals surface area contributed by atoms with E-state index in [0.29, 0.717) is 5.56 Å². The van der Waals surface area contributed by atoms with Gasteiger partial charge in [-0.05, 0) is 42.0 Å². The van der Waals surface area contributed by atoms with Crippen LogP contribution in [0.15, 0.2) is 46.0 Å². The molecule has 0 saturated carbocycles. The normalized spacial score (nSPS) is 10.6. The Labute approximate surface area is 152 Å². The van der Waals surface area contributed by atoms with E-state index in [0.717, 1.165) is 10.2 Å². The molecule has 0 heterocycles. The van der Waals surface area contributed by atoms with Crippen molar-refractivity contribution in [3.8, 4) is 11.5 Å². The van der Waals surface area contributed by atoms with Crippen molar-refractivity contribution in [1.29, 1.82) is 0 Å². The van der Waals surface area contributed by atoms with Gasteiger partial charge in [0.1, 0.15) is 0 Å². The Morgan fingerprint density at radius 1 is 1.38 bits per heavy atom. The van der Waals surface area contributed by atoms with Crippen molar-refractivity contribution >= 4 is 45.3 Å². The van der Waals surface area contributed by atoms with Gasteiger partial charge in [0, 0.05) is 10.2 Å². The number of phenols is 1. The Hall–Kier alpha value is -2.25. The molecule has 0 bridgehead atoms. The van der Waals surface area contributed by atoms with Crippen LogP contribution >= 0.6 is 27.5 Å². The van der Waals surface area contributed by atoms with Crippen molar-refractivity contribution in [2.24, 2.45) is 5.10 Å². The number of carbonyl (C=O) groups excluding carboxylic acids is 1. The Morgan fingerprint density at radius 3 is 2.75 bits per heavy atom. The van der Waals surface area contributed by atoms with E-state index in [2.05, 4.69) is 31.8 Å². The number of phenolic OH excluding ortho intramolecular Hbond substituents is 1. The maximum Gasteiger partial charge on any atom is 0.259 e. The van der Waals surface area contributed by atoms with E-state index in [1.54, 1.807) is 6.07 Å². The zero-order valence-corrected chi connectivity index (χ0v) is 15.1. The van der Waals surface area contributed by atoms with Crippen LogP contribution in [0.1, 0.15) is 5.56 Å². The van der Waals surface area contributed by atoms with Crippen molar-refractivity contribution in [2.75, 3.05) is 19.0 Å². The number of anilines is 1. The average Bonchev–Trinajstić information content (AvgIpc) is 2.57. The summed E-state index contributed by atoms with van der Waals surface area (Å²) in [5.41, 5.74) is 3.80. The summed E-state index contributed by atoms with van der Waals surface area (Å²) in [7, 11) is 1.42. The zero-order valence-electron chi connectivity index (χ0n) is 12.7. The summed E-state index contributed by atoms with van der Waals surface area (Å²) < 4.78 is 5.96. The molecule has 0 fully saturated rings. The van der Waals surface area contributed by atoms with Gasteiger partial charge in [0.2, 0.25) is 0 Å². The number of halogens is 2. The van der Waals surface area contributed by atoms with Crippen molar-refractivity contribution in [1.82, 2.24) is 5.43 Å². The van der Waals surface area contributed by atoms with Crippen LogP contribution in [0, 0.1) is 0 Å². The summed E-state index contributed by atoms with van der Waals surface area (Å²) >= 11 is 9.22. The van der Waals surface area contributed by atoms with Crippen LogP contribution < -0.4 is 15.5 Å². The second kappa shape index (κ2) is 8.56. The van der Waals surface area contributed by atoms with Crippen molar-refractivity contribution < 1.29 is 14.6 Å². The van der Waals surface area contributed by atoms with E-state index < -0.39 is 0 Å². The largest absolute Gasteiger partial charge is 0.503 e. The molecule has 0 radical (unpaired) electrons. The molecule has 24 heavy (non-hydrogen) atoms. The highest BCUT2D eigenvalue weighted by molar-refractivity contribution is 9.10. The molecule has 0 aromatic heterocycles. The number of carbonyl (C=O) groups is 1. The van der Waals surface area contributed by atoms with Gasteiger partial charge in [-0.2, -0.15) is 5.10 Å². The van der Waals surface area contributed by atoms with Crippen molar-refractivity contribution in [2.45, 2.75) is 0 Å². The van der Waals surface area contributed by atoms with Crippen LogP contribution in [0.5, 0.6) is 11.5 Å². The van der Waals surface area contributed by atoms with Gasteiger partial charge in [-0.1, -0.05) is 27.5 Å². The van der Waals surface area contributed by atoms with Gasteiger partial charge in [-0.3, -0.25) is 4.79 Å². The van der Waals surface area contributed by atoms with Gasteiger partial charge in [-0.15, -0.1) is 0 Å². The molecular weight excluding hydrogens is 398 g/mol. The van der Waals surface area contributed by atoms with Crippen LogP contribution in [0.25, 0.3) is 0 Å². The van der Waals surface area contributed by atoms with Crippen LogP contribution in [0.2, 0.25) is 5.02 Å². The van der Waals surface area contributed by atoms with Crippen LogP contribution in [0.3, 0.4) is 0 Å². The maximum absolute atomic E-state index is 11.7. The van der Waals surface area contributed by atoms with E-state index in [1.807, 2.05) is 24.3 Å². The van der Waals surface area contributed by atoms with Crippen LogP contribution in [-0.4, -0.2) is 30.9 Å². The standard InChI is InChI=1S/C16H15BrClN3O3/c1-24-14-7-10(6-13(18)16(14)23)8-20-21-15(22)9-19-12-4-2-11(17)3-5-12/h2-8,19,23H,9H2,1H3,(H,21,22)/b20-8-. The van der Waals surface area contributed by atoms with Gasteiger partial charge in [0.15, 0.2) is 11.5 Å². The predicted molar refractivity (Wildman–Crippen MR) is 98.0 cm³/mol. The maximum atomic E-state index is 11.7. The van der Waals surface area contributed by atoms with Crippen molar-refractivity contribution in [3.05, 3.63) is 51.5 Å². The minimum absolute atomic E-state index is 0.0820. The molecule has 8 heteroatoms. The first-order valence-corrected chi connectivity index (χ1v) is 8.04. The molecule has 2 aromatic rings. The highest BCUT2D eigenvalue weighted by atomic mass is 79.9. The lowest BCUT2D eigenvalue weighted by atomic mass is 10.2. The van der Waals surface area contributed by atoms with Gasteiger partial charge < -0.3 is 15.2 Å². The zero-order chi connectivity index (χ0) is 17.5. The minimum atomic E-state index is -0.300. The fourth-order valence-corrected chi connectivity index (χ4v) is 2.28. The van der Waals surface area contributed by atoms with E-state index in [1.165, 1.54) is 19.4 Å². The predicted octanol–water partition coefficient (Wildman–Crippen LogP) is 3.38. The van der Waals surface area contributed by atoms with Crippen LogP contribution in [0.4, 0.5) is 5.69 Å². The third-order valence-corrected chi connectivity index (χ3v) is 3.79. The van der Waals surface area contributed by atoms with Gasteiger partial charge >= 0.3 is 0 Å². The lowest BCUT2D eigenvalue weighted by Crippen LogP contribution is -2.25. The number of nitrogens with one attached hydrogen (secondary N) is 2. The molecule has 0 aliphatic heterocycles. The molecule has 2 aromatic carbocycles. The SMILES string of the molecule is COc1cc(/C=N\NC(=O)CNc2ccc(Br)cc2)cc(Cl)c1O. The summed E-state index contributed by atoms with van der Waals surface area (Å²) in [6, 6.07) is 10.5. The third kappa shape index (κ3) is 5.14. The van der Waals surface area contributed by atoms with Gasteiger partial charge in [0.05, 0.1) is 24.9 Å². The van der Waals surface area contributed by atoms with Gasteiger partial charge in [-0.25, -0.2) is 5.43 Å². The number of ether oxygens (including phenoxy) is 1. The lowest BCUT2D eigenvalue weighted by Gasteiger charge is -2.06. The van der Waals surface area contributed by atoms with Gasteiger partial charge in [0.25, 0.3) is 5.91 Å². The Balaban J connectivity index is 1.88. The molecule has 0 aliphatic carbocycles. The number of hydrazone groups is 1. The second-order valence-electron chi connectivity index (χ2n) is 4.71. The topological polar surface area (TPSA) is 83.0 Å². The number of hydrogen-bond acceptors (Lipinski definition) is 5. The Kier molecular flexibility index (Phi) is 6.45. The number of rotatable bonds is 6. The molecule has 2 rings (SSSR count). The summed E-state index contributed by atoms with van der Waals surface area (Å²) in [5.74, 6) is -0.211. The van der Waals surface area contributed by atoms with E-state index in [9.17, 15) is 9.90 Å². The molecular formula is C16H15BrClN3O3. The lowest BCUT2D eigenvalue weighted by molar-refractivity contribution is -0.119. The number of hydrogen-bond donors (Lipinski definition) is 3. The molecule has 0 spiro atoms. The second-order valence-corrected chi connectivity index (χ2v) is 6.03. The first-order chi connectivity index (χ1) is 11.5. The third-order valence-electron chi connectivity index (χ3n) is 2.97. The summed E-state index contributed by atoms with van der Waals surface area (Å²) in [6.45, 7) is 0.0820. The van der Waals surface area contributed by atoms with E-state index >= 15 is 0 Å². The molecule has 1 amide bonds. The molecule has 6 nitrogen and oxygen atoms in total. The van der Waals surface area contributed by atoms with E-state index in [4.69, 9.17) is 16.3 Å². The monoisotopic (exact) mass is 411 g/mol. The van der Waals surface area contributed by atoms with E-state index in [-0.39, 0.29) is 29.0 Å². The number of benzene rings is 2. The number of nitrogens with zero attached hydrogens (tertiary/aromatic N) is 1. The highest BCUT2D eigenvalue weighted by Gasteiger charge is 2.08. The molecule has 0 atom stereocenters. The summed E-state index contributed by atoms with van der Waals surface area (Å²) in [5, 5.41) is 16.6. The molecule has 126 valence electrons. The summed E-state index contributed by atoms with van der Waals surface area (Å²) in [4.78, 5) is 11.7. The molecule has 0 saturated heterocycles.